The Labute approximate surface area is 121 Å². The Bertz CT molecular complexity index is 796. The minimum atomic E-state index is -3.71. The second-order valence-electron chi connectivity index (χ2n) is 4.35. The van der Waals surface area contributed by atoms with E-state index in [9.17, 15) is 12.8 Å². The highest BCUT2D eigenvalue weighted by Crippen LogP contribution is 2.17. The number of nitriles is 1. The van der Waals surface area contributed by atoms with Gasteiger partial charge in [0.15, 0.2) is 0 Å². The summed E-state index contributed by atoms with van der Waals surface area (Å²) in [6, 6.07) is 11.9. The molecule has 5 nitrogen and oxygen atoms in total. The van der Waals surface area contributed by atoms with Gasteiger partial charge in [-0.25, -0.2) is 17.9 Å². The molecular weight excluding hydrogens is 293 g/mol. The monoisotopic (exact) mass is 305 g/mol. The van der Waals surface area contributed by atoms with Gasteiger partial charge >= 0.3 is 0 Å². The van der Waals surface area contributed by atoms with Gasteiger partial charge in [-0.3, -0.25) is 0 Å². The molecule has 108 valence electrons. The van der Waals surface area contributed by atoms with Crippen molar-refractivity contribution in [1.82, 2.24) is 0 Å². The van der Waals surface area contributed by atoms with Crippen molar-refractivity contribution in [2.45, 2.75) is 11.4 Å². The highest BCUT2D eigenvalue weighted by Gasteiger charge is 2.07. The molecule has 7 heteroatoms. The summed E-state index contributed by atoms with van der Waals surface area (Å²) in [4.78, 5) is 0.0239. The van der Waals surface area contributed by atoms with E-state index in [0.717, 1.165) is 11.6 Å². The molecule has 0 unspecified atom stereocenters. The molecule has 0 aliphatic heterocycles. The Kier molecular flexibility index (Phi) is 4.21. The Morgan fingerprint density at radius 3 is 2.38 bits per heavy atom. The molecule has 21 heavy (non-hydrogen) atoms. The largest absolute Gasteiger partial charge is 0.379 e. The van der Waals surface area contributed by atoms with Crippen LogP contribution in [0.4, 0.5) is 10.1 Å². The first-order valence-electron chi connectivity index (χ1n) is 5.95. The summed E-state index contributed by atoms with van der Waals surface area (Å²) in [5, 5.41) is 16.5. The van der Waals surface area contributed by atoms with E-state index in [-0.39, 0.29) is 16.1 Å². The van der Waals surface area contributed by atoms with Crippen LogP contribution >= 0.6 is 0 Å². The average molecular weight is 305 g/mol. The first kappa shape index (κ1) is 15.0. The Hall–Kier alpha value is -2.43. The summed E-state index contributed by atoms with van der Waals surface area (Å²) < 4.78 is 35.9. The summed E-state index contributed by atoms with van der Waals surface area (Å²) in [5.74, 6) is -0.518. The maximum atomic E-state index is 13.7. The van der Waals surface area contributed by atoms with E-state index in [2.05, 4.69) is 5.32 Å². The minimum Gasteiger partial charge on any atom is -0.379 e. The van der Waals surface area contributed by atoms with Crippen molar-refractivity contribution in [2.24, 2.45) is 5.14 Å². The molecule has 0 fully saturated rings. The van der Waals surface area contributed by atoms with Crippen molar-refractivity contribution in [3.63, 3.8) is 0 Å². The van der Waals surface area contributed by atoms with Gasteiger partial charge in [-0.05, 0) is 35.9 Å². The fourth-order valence-corrected chi connectivity index (χ4v) is 2.24. The summed E-state index contributed by atoms with van der Waals surface area (Å²) in [6.45, 7) is 0.313. The number of anilines is 1. The summed E-state index contributed by atoms with van der Waals surface area (Å²) >= 11 is 0. The Morgan fingerprint density at radius 1 is 1.19 bits per heavy atom. The van der Waals surface area contributed by atoms with Crippen LogP contribution in [0.3, 0.4) is 0 Å². The molecule has 0 heterocycles. The van der Waals surface area contributed by atoms with Crippen molar-refractivity contribution < 1.29 is 12.8 Å². The van der Waals surface area contributed by atoms with Gasteiger partial charge in [-0.1, -0.05) is 12.1 Å². The minimum absolute atomic E-state index is 0.0239. The molecule has 0 atom stereocenters. The molecular formula is C14H12FN3O2S. The van der Waals surface area contributed by atoms with E-state index in [4.69, 9.17) is 10.4 Å². The number of hydrogen-bond acceptors (Lipinski definition) is 4. The maximum absolute atomic E-state index is 13.7. The van der Waals surface area contributed by atoms with Gasteiger partial charge in [0.1, 0.15) is 5.82 Å². The smallest absolute Gasteiger partial charge is 0.238 e. The van der Waals surface area contributed by atoms with E-state index in [0.29, 0.717) is 6.54 Å². The van der Waals surface area contributed by atoms with Gasteiger partial charge in [0.2, 0.25) is 10.0 Å². The van der Waals surface area contributed by atoms with Crippen LogP contribution in [0.2, 0.25) is 0 Å². The third kappa shape index (κ3) is 3.78. The number of nitrogens with zero attached hydrogens (tertiary/aromatic N) is 1. The fraction of sp³-hybridized carbons (Fsp3) is 0.0714. The maximum Gasteiger partial charge on any atom is 0.238 e. The molecule has 3 N–H and O–H groups in total. The number of hydrogen-bond donors (Lipinski definition) is 2. The number of nitrogens with two attached hydrogens (primary N) is 1. The van der Waals surface area contributed by atoms with E-state index in [1.807, 2.05) is 6.07 Å². The van der Waals surface area contributed by atoms with Crippen LogP contribution in [0.15, 0.2) is 47.4 Å². The predicted molar refractivity (Wildman–Crippen MR) is 76.3 cm³/mol. The highest BCUT2D eigenvalue weighted by atomic mass is 32.2. The number of primary sulfonamides is 1. The quantitative estimate of drug-likeness (QED) is 0.902. The topological polar surface area (TPSA) is 96.0 Å². The second kappa shape index (κ2) is 5.91. The highest BCUT2D eigenvalue weighted by molar-refractivity contribution is 7.89. The number of nitrogens with one attached hydrogen (secondary N) is 1. The predicted octanol–water partition coefficient (Wildman–Crippen LogP) is 1.96. The van der Waals surface area contributed by atoms with Gasteiger partial charge in [-0.2, -0.15) is 5.26 Å². The lowest BCUT2D eigenvalue weighted by atomic mass is 10.2. The second-order valence-corrected chi connectivity index (χ2v) is 5.91. The molecule has 2 aromatic rings. The zero-order valence-electron chi connectivity index (χ0n) is 10.9. The van der Waals surface area contributed by atoms with Crippen LogP contribution < -0.4 is 10.5 Å². The van der Waals surface area contributed by atoms with E-state index in [1.165, 1.54) is 24.3 Å². The third-order valence-electron chi connectivity index (χ3n) is 2.83. The molecule has 0 aliphatic carbocycles. The molecule has 0 aromatic heterocycles. The molecule has 0 saturated carbocycles. The molecule has 2 rings (SSSR count). The normalized spacial score (nSPS) is 10.9. The summed E-state index contributed by atoms with van der Waals surface area (Å²) in [7, 11) is -3.71. The van der Waals surface area contributed by atoms with E-state index < -0.39 is 15.8 Å². The van der Waals surface area contributed by atoms with Crippen molar-refractivity contribution in [3.05, 3.63) is 59.4 Å². The van der Waals surface area contributed by atoms with Crippen LogP contribution in [-0.2, 0) is 16.6 Å². The fourth-order valence-electron chi connectivity index (χ4n) is 1.72. The Morgan fingerprint density at radius 2 is 1.86 bits per heavy atom. The van der Waals surface area contributed by atoms with Crippen LogP contribution in [0.1, 0.15) is 11.1 Å². The number of rotatable bonds is 4. The van der Waals surface area contributed by atoms with Crippen LogP contribution in [0.5, 0.6) is 0 Å². The van der Waals surface area contributed by atoms with Crippen LogP contribution in [-0.4, -0.2) is 8.42 Å². The molecule has 0 radical (unpaired) electrons. The van der Waals surface area contributed by atoms with Gasteiger partial charge < -0.3 is 5.32 Å². The first-order chi connectivity index (χ1) is 9.90. The number of benzene rings is 2. The van der Waals surface area contributed by atoms with E-state index in [1.54, 1.807) is 12.1 Å². The van der Waals surface area contributed by atoms with Gasteiger partial charge in [-0.15, -0.1) is 0 Å². The number of halogens is 1. The van der Waals surface area contributed by atoms with Gasteiger partial charge in [0, 0.05) is 6.54 Å². The summed E-state index contributed by atoms with van der Waals surface area (Å²) in [6.07, 6.45) is 0. The standard InChI is InChI=1S/C14H12FN3O2S/c15-13-7-11(8-16)3-6-14(13)18-9-10-1-4-12(5-2-10)21(17,19)20/h1-7,18H,9H2,(H2,17,19,20). The van der Waals surface area contributed by atoms with Crippen molar-refractivity contribution in [2.75, 3.05) is 5.32 Å². The number of sulfonamides is 1. The first-order valence-corrected chi connectivity index (χ1v) is 7.50. The molecule has 2 aromatic carbocycles. The molecule has 0 spiro atoms. The van der Waals surface area contributed by atoms with Crippen molar-refractivity contribution >= 4 is 15.7 Å². The average Bonchev–Trinajstić information content (AvgIpc) is 2.45. The zero-order chi connectivity index (χ0) is 15.5. The Balaban J connectivity index is 2.09. The molecule has 0 saturated heterocycles. The SMILES string of the molecule is N#Cc1ccc(NCc2ccc(S(N)(=O)=O)cc2)c(F)c1. The van der Waals surface area contributed by atoms with Gasteiger partial charge in [0.25, 0.3) is 0 Å². The molecule has 0 amide bonds. The van der Waals surface area contributed by atoms with Gasteiger partial charge in [0.05, 0.1) is 22.2 Å². The van der Waals surface area contributed by atoms with E-state index >= 15 is 0 Å². The van der Waals surface area contributed by atoms with Crippen LogP contribution in [0.25, 0.3) is 0 Å². The molecule has 0 bridgehead atoms. The van der Waals surface area contributed by atoms with Crippen molar-refractivity contribution in [1.29, 1.82) is 5.26 Å². The van der Waals surface area contributed by atoms with Crippen molar-refractivity contribution in [3.8, 4) is 6.07 Å². The summed E-state index contributed by atoms with van der Waals surface area (Å²) in [5.41, 5.74) is 1.28. The third-order valence-corrected chi connectivity index (χ3v) is 3.76. The van der Waals surface area contributed by atoms with Crippen LogP contribution in [0, 0.1) is 17.1 Å². The lowest BCUT2D eigenvalue weighted by Gasteiger charge is -2.08. The lowest BCUT2D eigenvalue weighted by Crippen LogP contribution is -2.12. The lowest BCUT2D eigenvalue weighted by molar-refractivity contribution is 0.598. The zero-order valence-corrected chi connectivity index (χ0v) is 11.7. The molecule has 0 aliphatic rings.